The highest BCUT2D eigenvalue weighted by atomic mass is 35.5. The predicted molar refractivity (Wildman–Crippen MR) is 64.8 cm³/mol. The fraction of sp³-hybridized carbons (Fsp3) is 0.455. The van der Waals surface area contributed by atoms with Crippen LogP contribution in [0.3, 0.4) is 0 Å². The maximum absolute atomic E-state index is 9.53. The van der Waals surface area contributed by atoms with E-state index >= 15 is 0 Å². The van der Waals surface area contributed by atoms with Crippen LogP contribution >= 0.6 is 11.6 Å². The van der Waals surface area contributed by atoms with Crippen LogP contribution in [0.15, 0.2) is 18.2 Å². The van der Waals surface area contributed by atoms with Crippen LogP contribution < -0.4 is 10.6 Å². The Hall–Kier alpha value is -0.810. The van der Waals surface area contributed by atoms with Gasteiger partial charge in [-0.15, -0.1) is 0 Å². The molecule has 0 fully saturated rings. The Labute approximate surface area is 100 Å². The standard InChI is InChI=1S/C11H17ClN2O2/c12-10-1-2-11(16)9(7-10)8-14-4-3-13-5-6-15/h1-2,7,13-16H,3-6,8H2. The molecule has 0 radical (unpaired) electrons. The molecule has 4 N–H and O–H groups in total. The average molecular weight is 245 g/mol. The number of benzene rings is 1. The highest BCUT2D eigenvalue weighted by Crippen LogP contribution is 2.20. The number of hydrogen-bond donors (Lipinski definition) is 4. The molecule has 0 heterocycles. The van der Waals surface area contributed by atoms with Gasteiger partial charge in [0.15, 0.2) is 0 Å². The largest absolute Gasteiger partial charge is 0.508 e. The number of halogens is 1. The molecule has 0 saturated carbocycles. The third-order valence-corrected chi connectivity index (χ3v) is 2.36. The number of hydrogen-bond acceptors (Lipinski definition) is 4. The van der Waals surface area contributed by atoms with Crippen molar-refractivity contribution in [2.45, 2.75) is 6.54 Å². The van der Waals surface area contributed by atoms with Crippen molar-refractivity contribution >= 4 is 11.6 Å². The third kappa shape index (κ3) is 4.81. The second-order valence-electron chi connectivity index (χ2n) is 3.42. The Morgan fingerprint density at radius 1 is 1.12 bits per heavy atom. The van der Waals surface area contributed by atoms with Crippen LogP contribution in [0, 0.1) is 0 Å². The molecule has 0 aliphatic carbocycles. The minimum absolute atomic E-state index is 0.148. The number of phenols is 1. The van der Waals surface area contributed by atoms with E-state index in [1.165, 1.54) is 0 Å². The predicted octanol–water partition coefficient (Wildman–Crippen LogP) is 0.717. The maximum Gasteiger partial charge on any atom is 0.120 e. The van der Waals surface area contributed by atoms with E-state index in [0.29, 0.717) is 18.1 Å². The van der Waals surface area contributed by atoms with Crippen LogP contribution in [0.1, 0.15) is 5.56 Å². The van der Waals surface area contributed by atoms with E-state index in [0.717, 1.165) is 18.7 Å². The summed E-state index contributed by atoms with van der Waals surface area (Å²) in [6.45, 7) is 2.88. The summed E-state index contributed by atoms with van der Waals surface area (Å²) >= 11 is 5.82. The molecular weight excluding hydrogens is 228 g/mol. The Bertz CT molecular complexity index is 321. The van der Waals surface area contributed by atoms with Gasteiger partial charge in [-0.2, -0.15) is 0 Å². The molecule has 90 valence electrons. The van der Waals surface area contributed by atoms with Gasteiger partial charge in [-0.3, -0.25) is 0 Å². The Morgan fingerprint density at radius 2 is 1.88 bits per heavy atom. The summed E-state index contributed by atoms with van der Waals surface area (Å²) in [6.07, 6.45) is 0. The van der Waals surface area contributed by atoms with Crippen LogP contribution in [0.5, 0.6) is 5.75 Å². The van der Waals surface area contributed by atoms with E-state index in [2.05, 4.69) is 10.6 Å². The normalized spacial score (nSPS) is 10.6. The highest BCUT2D eigenvalue weighted by Gasteiger charge is 2.00. The van der Waals surface area contributed by atoms with Gasteiger partial charge >= 0.3 is 0 Å². The lowest BCUT2D eigenvalue weighted by molar-refractivity contribution is 0.292. The monoisotopic (exact) mass is 244 g/mol. The minimum Gasteiger partial charge on any atom is -0.508 e. The van der Waals surface area contributed by atoms with Gasteiger partial charge in [-0.25, -0.2) is 0 Å². The average Bonchev–Trinajstić information content (AvgIpc) is 2.28. The smallest absolute Gasteiger partial charge is 0.120 e. The van der Waals surface area contributed by atoms with Gasteiger partial charge in [0, 0.05) is 36.8 Å². The van der Waals surface area contributed by atoms with E-state index in [-0.39, 0.29) is 12.4 Å². The van der Waals surface area contributed by atoms with Crippen molar-refractivity contribution in [3.63, 3.8) is 0 Å². The van der Waals surface area contributed by atoms with Crippen molar-refractivity contribution in [1.29, 1.82) is 0 Å². The Morgan fingerprint density at radius 3 is 2.62 bits per heavy atom. The van der Waals surface area contributed by atoms with Gasteiger partial charge < -0.3 is 20.8 Å². The van der Waals surface area contributed by atoms with Crippen molar-refractivity contribution in [3.05, 3.63) is 28.8 Å². The molecule has 5 heteroatoms. The lowest BCUT2D eigenvalue weighted by Gasteiger charge is -2.07. The first-order chi connectivity index (χ1) is 7.74. The van der Waals surface area contributed by atoms with Gasteiger partial charge in [-0.05, 0) is 18.2 Å². The summed E-state index contributed by atoms with van der Waals surface area (Å²) in [5.74, 6) is 0.250. The first-order valence-corrected chi connectivity index (χ1v) is 5.61. The zero-order chi connectivity index (χ0) is 11.8. The Kier molecular flexibility index (Phi) is 6.18. The molecule has 0 aromatic heterocycles. The van der Waals surface area contributed by atoms with Crippen LogP contribution in [0.2, 0.25) is 5.02 Å². The molecule has 1 aromatic carbocycles. The zero-order valence-corrected chi connectivity index (χ0v) is 9.80. The van der Waals surface area contributed by atoms with Crippen LogP contribution in [0.4, 0.5) is 0 Å². The number of aliphatic hydroxyl groups excluding tert-OH is 1. The molecule has 0 aliphatic rings. The summed E-state index contributed by atoms with van der Waals surface area (Å²) < 4.78 is 0. The van der Waals surface area contributed by atoms with Gasteiger partial charge in [0.2, 0.25) is 0 Å². The lowest BCUT2D eigenvalue weighted by atomic mass is 10.2. The van der Waals surface area contributed by atoms with Crippen LogP contribution in [-0.2, 0) is 6.54 Å². The van der Waals surface area contributed by atoms with E-state index in [4.69, 9.17) is 16.7 Å². The number of phenolic OH excluding ortho intramolecular Hbond substituents is 1. The van der Waals surface area contributed by atoms with Gasteiger partial charge in [-0.1, -0.05) is 11.6 Å². The summed E-state index contributed by atoms with van der Waals surface area (Å²) in [5, 5.41) is 24.9. The second-order valence-corrected chi connectivity index (χ2v) is 3.86. The molecule has 0 saturated heterocycles. The first-order valence-electron chi connectivity index (χ1n) is 5.23. The number of nitrogens with one attached hydrogen (secondary N) is 2. The molecule has 0 aliphatic heterocycles. The fourth-order valence-corrected chi connectivity index (χ4v) is 1.49. The first kappa shape index (κ1) is 13.3. The summed E-state index contributed by atoms with van der Waals surface area (Å²) in [5.41, 5.74) is 0.787. The molecule has 16 heavy (non-hydrogen) atoms. The van der Waals surface area contributed by atoms with Crippen molar-refractivity contribution < 1.29 is 10.2 Å². The zero-order valence-electron chi connectivity index (χ0n) is 9.04. The Balaban J connectivity index is 2.23. The molecule has 0 spiro atoms. The number of rotatable bonds is 7. The quantitative estimate of drug-likeness (QED) is 0.534. The minimum atomic E-state index is 0.148. The van der Waals surface area contributed by atoms with Crippen LogP contribution in [-0.4, -0.2) is 36.5 Å². The molecule has 0 unspecified atom stereocenters. The SMILES string of the molecule is OCCNCCNCc1cc(Cl)ccc1O. The fourth-order valence-electron chi connectivity index (χ4n) is 1.30. The van der Waals surface area contributed by atoms with Gasteiger partial charge in [0.05, 0.1) is 6.61 Å². The maximum atomic E-state index is 9.53. The van der Waals surface area contributed by atoms with E-state index in [1.807, 2.05) is 0 Å². The number of aliphatic hydroxyl groups is 1. The lowest BCUT2D eigenvalue weighted by Crippen LogP contribution is -2.28. The molecule has 1 aromatic rings. The molecule has 4 nitrogen and oxygen atoms in total. The molecular formula is C11H17ClN2O2. The molecule has 0 atom stereocenters. The summed E-state index contributed by atoms with van der Waals surface area (Å²) in [6, 6.07) is 4.98. The number of aromatic hydroxyl groups is 1. The summed E-state index contributed by atoms with van der Waals surface area (Å²) in [4.78, 5) is 0. The topological polar surface area (TPSA) is 64.5 Å². The van der Waals surface area contributed by atoms with Gasteiger partial charge in [0.25, 0.3) is 0 Å². The van der Waals surface area contributed by atoms with Crippen molar-refractivity contribution in [3.8, 4) is 5.75 Å². The molecule has 1 rings (SSSR count). The second kappa shape index (κ2) is 7.46. The van der Waals surface area contributed by atoms with E-state index in [1.54, 1.807) is 18.2 Å². The van der Waals surface area contributed by atoms with Gasteiger partial charge in [0.1, 0.15) is 5.75 Å². The van der Waals surface area contributed by atoms with E-state index in [9.17, 15) is 5.11 Å². The molecule has 0 bridgehead atoms. The van der Waals surface area contributed by atoms with Crippen LogP contribution in [0.25, 0.3) is 0 Å². The summed E-state index contributed by atoms with van der Waals surface area (Å²) in [7, 11) is 0. The molecule has 0 amide bonds. The van der Waals surface area contributed by atoms with Crippen molar-refractivity contribution in [2.75, 3.05) is 26.2 Å². The van der Waals surface area contributed by atoms with Crippen molar-refractivity contribution in [1.82, 2.24) is 10.6 Å². The van der Waals surface area contributed by atoms with E-state index < -0.39 is 0 Å². The van der Waals surface area contributed by atoms with Crippen molar-refractivity contribution in [2.24, 2.45) is 0 Å². The third-order valence-electron chi connectivity index (χ3n) is 2.12. The highest BCUT2D eigenvalue weighted by molar-refractivity contribution is 6.30.